The van der Waals surface area contributed by atoms with Crippen LogP contribution in [0.25, 0.3) is 0 Å². The minimum atomic E-state index is 0.162. The lowest BCUT2D eigenvalue weighted by molar-refractivity contribution is 0.101. The van der Waals surface area contributed by atoms with E-state index in [-0.39, 0.29) is 5.78 Å². The highest BCUT2D eigenvalue weighted by Crippen LogP contribution is 2.45. The number of rotatable bonds is 2. The minimum absolute atomic E-state index is 0.162. The van der Waals surface area contributed by atoms with Crippen molar-refractivity contribution >= 4 is 27.4 Å². The zero-order chi connectivity index (χ0) is 14.9. The molecule has 1 aliphatic heterocycles. The van der Waals surface area contributed by atoms with E-state index in [2.05, 4.69) is 26.9 Å². The van der Waals surface area contributed by atoms with Gasteiger partial charge in [0.1, 0.15) is 0 Å². The molecule has 1 aromatic carbocycles. The summed E-state index contributed by atoms with van der Waals surface area (Å²) in [4.78, 5) is 14.3. The van der Waals surface area contributed by atoms with Crippen LogP contribution in [-0.4, -0.2) is 18.9 Å². The fourth-order valence-corrected chi connectivity index (χ4v) is 4.44. The van der Waals surface area contributed by atoms with Crippen molar-refractivity contribution in [1.29, 1.82) is 0 Å². The maximum absolute atomic E-state index is 11.9. The van der Waals surface area contributed by atoms with Crippen LogP contribution in [0.2, 0.25) is 0 Å². The lowest BCUT2D eigenvalue weighted by Crippen LogP contribution is -2.41. The molecule has 3 rings (SSSR count). The Kier molecular flexibility index (Phi) is 4.39. The van der Waals surface area contributed by atoms with Gasteiger partial charge in [-0.3, -0.25) is 4.79 Å². The van der Waals surface area contributed by atoms with Crippen LogP contribution < -0.4 is 4.90 Å². The van der Waals surface area contributed by atoms with E-state index >= 15 is 0 Å². The van der Waals surface area contributed by atoms with Gasteiger partial charge in [0, 0.05) is 28.8 Å². The standard InChI is InChI=1S/C18H24BrNO/c1-14(21)16-6-5-15(19)13-17(16)20-11-9-18(10-12-20)7-3-2-4-8-18/h5-6,13H,2-4,7-12H2,1H3. The number of hydrogen-bond acceptors (Lipinski definition) is 2. The molecule has 0 atom stereocenters. The second-order valence-electron chi connectivity index (χ2n) is 6.77. The first-order chi connectivity index (χ1) is 10.1. The highest BCUT2D eigenvalue weighted by Gasteiger charge is 2.36. The summed E-state index contributed by atoms with van der Waals surface area (Å²) in [5.74, 6) is 0.162. The van der Waals surface area contributed by atoms with E-state index in [1.54, 1.807) is 6.92 Å². The number of ketones is 1. The lowest BCUT2D eigenvalue weighted by Gasteiger charge is -2.45. The summed E-state index contributed by atoms with van der Waals surface area (Å²) in [6.45, 7) is 3.85. The van der Waals surface area contributed by atoms with Crippen molar-refractivity contribution in [3.63, 3.8) is 0 Å². The molecule has 1 aromatic rings. The van der Waals surface area contributed by atoms with Crippen molar-refractivity contribution in [3.05, 3.63) is 28.2 Å². The van der Waals surface area contributed by atoms with Crippen LogP contribution in [0.3, 0.4) is 0 Å². The van der Waals surface area contributed by atoms with E-state index in [0.717, 1.165) is 28.8 Å². The SMILES string of the molecule is CC(=O)c1ccc(Br)cc1N1CCC2(CCCCC2)CC1. The summed E-state index contributed by atoms with van der Waals surface area (Å²) in [6.07, 6.45) is 9.65. The van der Waals surface area contributed by atoms with Crippen LogP contribution in [0.5, 0.6) is 0 Å². The van der Waals surface area contributed by atoms with Gasteiger partial charge in [0.15, 0.2) is 5.78 Å². The third-order valence-electron chi connectivity index (χ3n) is 5.42. The van der Waals surface area contributed by atoms with E-state index < -0.39 is 0 Å². The van der Waals surface area contributed by atoms with Crippen LogP contribution in [0.4, 0.5) is 5.69 Å². The Balaban J connectivity index is 1.77. The Labute approximate surface area is 136 Å². The quantitative estimate of drug-likeness (QED) is 0.683. The molecule has 2 nitrogen and oxygen atoms in total. The summed E-state index contributed by atoms with van der Waals surface area (Å²) in [5.41, 5.74) is 2.58. The maximum Gasteiger partial charge on any atom is 0.161 e. The summed E-state index contributed by atoms with van der Waals surface area (Å²) in [5, 5.41) is 0. The van der Waals surface area contributed by atoms with Gasteiger partial charge in [-0.15, -0.1) is 0 Å². The van der Waals surface area contributed by atoms with Crippen LogP contribution in [0.15, 0.2) is 22.7 Å². The second kappa shape index (κ2) is 6.12. The Hall–Kier alpha value is -0.830. The molecule has 0 N–H and O–H groups in total. The molecule has 1 heterocycles. The molecule has 0 unspecified atom stereocenters. The normalized spacial score (nSPS) is 21.5. The van der Waals surface area contributed by atoms with E-state index in [9.17, 15) is 4.79 Å². The van der Waals surface area contributed by atoms with Crippen LogP contribution in [-0.2, 0) is 0 Å². The van der Waals surface area contributed by atoms with E-state index in [0.29, 0.717) is 5.41 Å². The molecule has 21 heavy (non-hydrogen) atoms. The number of nitrogens with zero attached hydrogens (tertiary/aromatic N) is 1. The second-order valence-corrected chi connectivity index (χ2v) is 7.68. The first-order valence-electron chi connectivity index (χ1n) is 8.15. The van der Waals surface area contributed by atoms with Crippen molar-refractivity contribution in [2.24, 2.45) is 5.41 Å². The molecule has 1 spiro atoms. The van der Waals surface area contributed by atoms with E-state index in [4.69, 9.17) is 0 Å². The molecule has 0 amide bonds. The van der Waals surface area contributed by atoms with Gasteiger partial charge in [-0.2, -0.15) is 0 Å². The summed E-state index contributed by atoms with van der Waals surface area (Å²) in [6, 6.07) is 6.02. The molecule has 3 heteroatoms. The van der Waals surface area contributed by atoms with Gasteiger partial charge in [-0.25, -0.2) is 0 Å². The molecule has 2 aliphatic rings. The molecule has 0 radical (unpaired) electrons. The molecule has 114 valence electrons. The van der Waals surface area contributed by atoms with Gasteiger partial charge in [-0.05, 0) is 56.2 Å². The predicted molar refractivity (Wildman–Crippen MR) is 91.1 cm³/mol. The van der Waals surface area contributed by atoms with Crippen LogP contribution in [0.1, 0.15) is 62.2 Å². The molecule has 2 fully saturated rings. The molecule has 0 aromatic heterocycles. The lowest BCUT2D eigenvalue weighted by atomic mass is 9.68. The first kappa shape index (κ1) is 15.1. The largest absolute Gasteiger partial charge is 0.371 e. The Morgan fingerprint density at radius 3 is 2.38 bits per heavy atom. The average Bonchev–Trinajstić information content (AvgIpc) is 2.48. The summed E-state index contributed by atoms with van der Waals surface area (Å²) >= 11 is 3.54. The number of piperidine rings is 1. The van der Waals surface area contributed by atoms with Gasteiger partial charge in [0.2, 0.25) is 0 Å². The van der Waals surface area contributed by atoms with Crippen molar-refractivity contribution in [3.8, 4) is 0 Å². The smallest absolute Gasteiger partial charge is 0.161 e. The summed E-state index contributed by atoms with van der Waals surface area (Å²) < 4.78 is 1.06. The Morgan fingerprint density at radius 1 is 1.10 bits per heavy atom. The summed E-state index contributed by atoms with van der Waals surface area (Å²) in [7, 11) is 0. The highest BCUT2D eigenvalue weighted by molar-refractivity contribution is 9.10. The number of halogens is 1. The fraction of sp³-hybridized carbons (Fsp3) is 0.611. The molecular weight excluding hydrogens is 326 g/mol. The Morgan fingerprint density at radius 2 is 1.76 bits per heavy atom. The molecule has 1 saturated carbocycles. The molecular formula is C18H24BrNO. The van der Waals surface area contributed by atoms with Gasteiger partial charge in [0.05, 0.1) is 0 Å². The molecule has 1 saturated heterocycles. The van der Waals surface area contributed by atoms with E-state index in [1.165, 1.54) is 44.9 Å². The number of hydrogen-bond donors (Lipinski definition) is 0. The fourth-order valence-electron chi connectivity index (χ4n) is 4.09. The van der Waals surface area contributed by atoms with Gasteiger partial charge in [0.25, 0.3) is 0 Å². The van der Waals surface area contributed by atoms with Crippen molar-refractivity contribution in [2.75, 3.05) is 18.0 Å². The number of anilines is 1. The van der Waals surface area contributed by atoms with Gasteiger partial charge >= 0.3 is 0 Å². The zero-order valence-electron chi connectivity index (χ0n) is 12.8. The average molecular weight is 350 g/mol. The van der Waals surface area contributed by atoms with Crippen LogP contribution >= 0.6 is 15.9 Å². The monoisotopic (exact) mass is 349 g/mol. The van der Waals surface area contributed by atoms with Crippen molar-refractivity contribution in [1.82, 2.24) is 0 Å². The van der Waals surface area contributed by atoms with Gasteiger partial charge in [-0.1, -0.05) is 35.2 Å². The minimum Gasteiger partial charge on any atom is -0.371 e. The van der Waals surface area contributed by atoms with Crippen LogP contribution in [0, 0.1) is 5.41 Å². The van der Waals surface area contributed by atoms with Gasteiger partial charge < -0.3 is 4.90 Å². The maximum atomic E-state index is 11.9. The van der Waals surface area contributed by atoms with Crippen molar-refractivity contribution in [2.45, 2.75) is 51.9 Å². The highest BCUT2D eigenvalue weighted by atomic mass is 79.9. The van der Waals surface area contributed by atoms with E-state index in [1.807, 2.05) is 12.1 Å². The number of Topliss-reactive ketones (excluding diaryl/α,β-unsaturated/α-hetero) is 1. The Bertz CT molecular complexity index is 524. The predicted octanol–water partition coefficient (Wildman–Crippen LogP) is 5.20. The number of benzene rings is 1. The zero-order valence-corrected chi connectivity index (χ0v) is 14.4. The third-order valence-corrected chi connectivity index (χ3v) is 5.91. The molecule has 1 aliphatic carbocycles. The first-order valence-corrected chi connectivity index (χ1v) is 8.94. The van der Waals surface area contributed by atoms with Crippen molar-refractivity contribution < 1.29 is 4.79 Å². The third kappa shape index (κ3) is 3.18. The number of carbonyl (C=O) groups is 1. The topological polar surface area (TPSA) is 20.3 Å². The number of carbonyl (C=O) groups excluding carboxylic acids is 1. The molecule has 0 bridgehead atoms.